The zero-order valence-electron chi connectivity index (χ0n) is 13.2. The highest BCUT2D eigenvalue weighted by molar-refractivity contribution is 5.90. The maximum atomic E-state index is 10.9. The van der Waals surface area contributed by atoms with Crippen molar-refractivity contribution in [3.05, 3.63) is 70.8 Å². The Morgan fingerprint density at radius 2 is 0.958 bits per heavy atom. The minimum absolute atomic E-state index is 0.396. The molecule has 0 fully saturated rings. The second-order valence-corrected chi connectivity index (χ2v) is 4.46. The number of benzene rings is 2. The summed E-state index contributed by atoms with van der Waals surface area (Å²) in [7, 11) is 2.63. The molecule has 0 saturated carbocycles. The van der Waals surface area contributed by atoms with Gasteiger partial charge in [-0.25, -0.2) is 9.59 Å². The predicted molar refractivity (Wildman–Crippen MR) is 86.3 cm³/mol. The van der Waals surface area contributed by atoms with Crippen LogP contribution in [0.4, 0.5) is 0 Å². The van der Waals surface area contributed by atoms with E-state index in [9.17, 15) is 19.2 Å². The van der Waals surface area contributed by atoms with Crippen molar-refractivity contribution in [1.82, 2.24) is 0 Å². The highest BCUT2D eigenvalue weighted by Crippen LogP contribution is 2.04. The van der Waals surface area contributed by atoms with Gasteiger partial charge in [0.1, 0.15) is 12.6 Å². The van der Waals surface area contributed by atoms with E-state index in [-0.39, 0.29) is 0 Å². The zero-order valence-corrected chi connectivity index (χ0v) is 13.2. The maximum Gasteiger partial charge on any atom is 0.337 e. The standard InChI is InChI=1S/2C9H8O3/c2*1-12-9(11)8-4-2-7(6-10)3-5-8/h2*2-6H,1H3. The first kappa shape index (κ1) is 18.8. The third-order valence-electron chi connectivity index (χ3n) is 2.94. The molecule has 124 valence electrons. The van der Waals surface area contributed by atoms with Gasteiger partial charge in [-0.15, -0.1) is 0 Å². The van der Waals surface area contributed by atoms with Crippen LogP contribution in [0.5, 0.6) is 0 Å². The molecule has 0 radical (unpaired) electrons. The first-order chi connectivity index (χ1) is 11.5. The number of carbonyl (C=O) groups is 4. The van der Waals surface area contributed by atoms with Crippen molar-refractivity contribution in [3.8, 4) is 0 Å². The molecule has 2 rings (SSSR count). The molecule has 0 saturated heterocycles. The second kappa shape index (κ2) is 9.68. The molecule has 0 aliphatic rings. The van der Waals surface area contributed by atoms with Gasteiger partial charge < -0.3 is 9.47 Å². The Balaban J connectivity index is 0.000000240. The molecule has 2 aromatic carbocycles. The summed E-state index contributed by atoms with van der Waals surface area (Å²) >= 11 is 0. The molecule has 6 nitrogen and oxygen atoms in total. The van der Waals surface area contributed by atoms with Crippen molar-refractivity contribution < 1.29 is 28.7 Å². The lowest BCUT2D eigenvalue weighted by Crippen LogP contribution is -2.00. The summed E-state index contributed by atoms with van der Waals surface area (Å²) in [6, 6.07) is 12.5. The van der Waals surface area contributed by atoms with E-state index in [1.54, 1.807) is 48.5 Å². The molecule has 0 spiro atoms. The maximum absolute atomic E-state index is 10.9. The molecule has 0 atom stereocenters. The molecule has 0 aliphatic carbocycles. The number of aldehydes is 2. The van der Waals surface area contributed by atoms with Crippen LogP contribution in [-0.2, 0) is 9.47 Å². The molecular formula is C18H16O6. The Hall–Kier alpha value is -3.28. The molecule has 6 heteroatoms. The number of rotatable bonds is 4. The molecule has 0 unspecified atom stereocenters. The number of esters is 2. The molecule has 0 amide bonds. The number of hydrogen-bond acceptors (Lipinski definition) is 6. The van der Waals surface area contributed by atoms with Crippen LogP contribution in [0.25, 0.3) is 0 Å². The van der Waals surface area contributed by atoms with Gasteiger partial charge in [0.05, 0.1) is 25.3 Å². The molecule has 0 N–H and O–H groups in total. The van der Waals surface area contributed by atoms with E-state index in [0.29, 0.717) is 22.3 Å². The van der Waals surface area contributed by atoms with Crippen molar-refractivity contribution >= 4 is 24.5 Å². The minimum Gasteiger partial charge on any atom is -0.465 e. The molecule has 2 aromatic rings. The van der Waals surface area contributed by atoms with Gasteiger partial charge in [-0.2, -0.15) is 0 Å². The minimum atomic E-state index is -0.396. The topological polar surface area (TPSA) is 86.7 Å². The Kier molecular flexibility index (Phi) is 7.57. The molecule has 0 aromatic heterocycles. The van der Waals surface area contributed by atoms with Gasteiger partial charge in [-0.1, -0.05) is 24.3 Å². The third-order valence-corrected chi connectivity index (χ3v) is 2.94. The van der Waals surface area contributed by atoms with Gasteiger partial charge in [0.15, 0.2) is 0 Å². The van der Waals surface area contributed by atoms with Crippen molar-refractivity contribution in [3.63, 3.8) is 0 Å². The van der Waals surface area contributed by atoms with Crippen LogP contribution < -0.4 is 0 Å². The summed E-state index contributed by atoms with van der Waals surface area (Å²) in [6.07, 6.45) is 1.45. The fourth-order valence-electron chi connectivity index (χ4n) is 1.63. The number of carbonyl (C=O) groups excluding carboxylic acids is 4. The van der Waals surface area contributed by atoms with E-state index < -0.39 is 11.9 Å². The lowest BCUT2D eigenvalue weighted by Gasteiger charge is -1.97. The fraction of sp³-hybridized carbons (Fsp3) is 0.111. The lowest BCUT2D eigenvalue weighted by atomic mass is 10.1. The van der Waals surface area contributed by atoms with Crippen LogP contribution in [0.15, 0.2) is 48.5 Å². The Labute approximate surface area is 139 Å². The van der Waals surface area contributed by atoms with Gasteiger partial charge in [0.2, 0.25) is 0 Å². The zero-order chi connectivity index (χ0) is 17.9. The van der Waals surface area contributed by atoms with E-state index in [1.165, 1.54) is 14.2 Å². The first-order valence-electron chi connectivity index (χ1n) is 6.82. The summed E-state index contributed by atoms with van der Waals surface area (Å²) in [5.74, 6) is -0.792. The first-order valence-corrected chi connectivity index (χ1v) is 6.82. The Bertz CT molecular complexity index is 638. The number of ether oxygens (including phenoxy) is 2. The van der Waals surface area contributed by atoms with Crippen LogP contribution in [0.2, 0.25) is 0 Å². The van der Waals surface area contributed by atoms with Crippen LogP contribution in [0.1, 0.15) is 41.4 Å². The normalized spacial score (nSPS) is 9.08. The van der Waals surface area contributed by atoms with Gasteiger partial charge in [-0.05, 0) is 24.3 Å². The quantitative estimate of drug-likeness (QED) is 0.633. The Morgan fingerprint density at radius 1 is 0.667 bits per heavy atom. The lowest BCUT2D eigenvalue weighted by molar-refractivity contribution is 0.0592. The number of hydrogen-bond donors (Lipinski definition) is 0. The summed E-state index contributed by atoms with van der Waals surface area (Å²) in [5, 5.41) is 0. The highest BCUT2D eigenvalue weighted by atomic mass is 16.5. The average Bonchev–Trinajstić information content (AvgIpc) is 2.67. The average molecular weight is 328 g/mol. The van der Waals surface area contributed by atoms with Crippen molar-refractivity contribution in [2.24, 2.45) is 0 Å². The fourth-order valence-corrected chi connectivity index (χ4v) is 1.63. The highest BCUT2D eigenvalue weighted by Gasteiger charge is 2.03. The van der Waals surface area contributed by atoms with Crippen LogP contribution in [0, 0.1) is 0 Å². The van der Waals surface area contributed by atoms with E-state index >= 15 is 0 Å². The number of methoxy groups -OCH3 is 2. The van der Waals surface area contributed by atoms with Gasteiger partial charge in [0, 0.05) is 11.1 Å². The van der Waals surface area contributed by atoms with E-state index in [4.69, 9.17) is 0 Å². The molecule has 24 heavy (non-hydrogen) atoms. The SMILES string of the molecule is COC(=O)c1ccc(C=O)cc1.COC(=O)c1ccc(C=O)cc1. The van der Waals surface area contributed by atoms with Crippen LogP contribution in [-0.4, -0.2) is 38.7 Å². The van der Waals surface area contributed by atoms with Crippen molar-refractivity contribution in [1.29, 1.82) is 0 Å². The second-order valence-electron chi connectivity index (χ2n) is 4.46. The molecular weight excluding hydrogens is 312 g/mol. The molecule has 0 aliphatic heterocycles. The van der Waals surface area contributed by atoms with Crippen LogP contribution in [0.3, 0.4) is 0 Å². The predicted octanol–water partition coefficient (Wildman–Crippen LogP) is 2.57. The van der Waals surface area contributed by atoms with Crippen molar-refractivity contribution in [2.75, 3.05) is 14.2 Å². The van der Waals surface area contributed by atoms with Crippen LogP contribution >= 0.6 is 0 Å². The summed E-state index contributed by atoms with van der Waals surface area (Å²) in [4.78, 5) is 42.3. The van der Waals surface area contributed by atoms with Gasteiger partial charge >= 0.3 is 11.9 Å². The van der Waals surface area contributed by atoms with E-state index in [1.807, 2.05) is 0 Å². The third kappa shape index (κ3) is 5.49. The Morgan fingerprint density at radius 3 is 1.17 bits per heavy atom. The van der Waals surface area contributed by atoms with E-state index in [0.717, 1.165) is 12.6 Å². The van der Waals surface area contributed by atoms with Gasteiger partial charge in [-0.3, -0.25) is 9.59 Å². The summed E-state index contributed by atoms with van der Waals surface area (Å²) in [6.45, 7) is 0. The van der Waals surface area contributed by atoms with Gasteiger partial charge in [0.25, 0.3) is 0 Å². The molecule has 0 bridgehead atoms. The smallest absolute Gasteiger partial charge is 0.337 e. The monoisotopic (exact) mass is 328 g/mol. The largest absolute Gasteiger partial charge is 0.465 e. The summed E-state index contributed by atoms with van der Waals surface area (Å²) < 4.78 is 8.96. The van der Waals surface area contributed by atoms with Crippen molar-refractivity contribution in [2.45, 2.75) is 0 Å². The van der Waals surface area contributed by atoms with E-state index in [2.05, 4.69) is 9.47 Å². The molecule has 0 heterocycles. The summed E-state index contributed by atoms with van der Waals surface area (Å²) in [5.41, 5.74) is 1.98.